The molecule has 4 heteroatoms. The van der Waals surface area contributed by atoms with Gasteiger partial charge in [0.15, 0.2) is 5.96 Å². The summed E-state index contributed by atoms with van der Waals surface area (Å²) in [7, 11) is 0. The van der Waals surface area contributed by atoms with Crippen molar-refractivity contribution in [3.05, 3.63) is 0 Å². The first-order chi connectivity index (χ1) is 8.16. The number of nitrogens with one attached hydrogen (secondary N) is 2. The molecule has 0 aromatic carbocycles. The number of hydrogen-bond acceptors (Lipinski definition) is 2. The number of carbonyl (C=O) groups excluding carboxylic acids is 1. The fraction of sp³-hybridized carbons (Fsp3) is 0.846. The quantitative estimate of drug-likeness (QED) is 0.786. The third-order valence-electron chi connectivity index (χ3n) is 4.00. The van der Waals surface area contributed by atoms with Crippen molar-refractivity contribution >= 4 is 11.9 Å². The van der Waals surface area contributed by atoms with Crippen LogP contribution in [0.15, 0.2) is 4.99 Å². The first-order valence-corrected chi connectivity index (χ1v) is 6.81. The Bertz CT molecular complexity index is 321. The van der Waals surface area contributed by atoms with Gasteiger partial charge in [-0.25, -0.2) is 0 Å². The lowest BCUT2D eigenvalue weighted by Gasteiger charge is -2.34. The zero-order valence-corrected chi connectivity index (χ0v) is 10.9. The van der Waals surface area contributed by atoms with Crippen LogP contribution in [0.1, 0.15) is 52.4 Å². The maximum Gasteiger partial charge on any atom is 0.252 e. The van der Waals surface area contributed by atoms with Gasteiger partial charge >= 0.3 is 0 Å². The Morgan fingerprint density at radius 2 is 2.06 bits per heavy atom. The number of amides is 1. The zero-order chi connectivity index (χ0) is 12.3. The van der Waals surface area contributed by atoms with Crippen LogP contribution < -0.4 is 10.6 Å². The van der Waals surface area contributed by atoms with E-state index in [9.17, 15) is 4.79 Å². The molecule has 1 amide bonds. The first-order valence-electron chi connectivity index (χ1n) is 6.81. The maximum absolute atomic E-state index is 12.1. The van der Waals surface area contributed by atoms with E-state index < -0.39 is 5.54 Å². The molecule has 0 spiro atoms. The van der Waals surface area contributed by atoms with Gasteiger partial charge in [0.05, 0.1) is 0 Å². The highest BCUT2D eigenvalue weighted by Gasteiger charge is 2.46. The van der Waals surface area contributed by atoms with Gasteiger partial charge in [-0.2, -0.15) is 0 Å². The highest BCUT2D eigenvalue weighted by Crippen LogP contribution is 2.34. The number of aliphatic imine (C=N–C) groups is 1. The second kappa shape index (κ2) is 5.07. The molecule has 1 saturated carbocycles. The second-order valence-corrected chi connectivity index (χ2v) is 5.35. The van der Waals surface area contributed by atoms with Crippen LogP contribution in [0, 0.1) is 5.92 Å². The summed E-state index contributed by atoms with van der Waals surface area (Å²) in [4.78, 5) is 16.5. The van der Waals surface area contributed by atoms with Gasteiger partial charge < -0.3 is 5.32 Å². The van der Waals surface area contributed by atoms with Crippen LogP contribution in [0.5, 0.6) is 0 Å². The van der Waals surface area contributed by atoms with Crippen LogP contribution in [0.25, 0.3) is 0 Å². The second-order valence-electron chi connectivity index (χ2n) is 5.35. The molecule has 0 aromatic rings. The van der Waals surface area contributed by atoms with E-state index in [4.69, 9.17) is 0 Å². The molecule has 2 rings (SSSR count). The van der Waals surface area contributed by atoms with Crippen molar-refractivity contribution in [3.8, 4) is 0 Å². The fourth-order valence-corrected chi connectivity index (χ4v) is 2.84. The molecule has 17 heavy (non-hydrogen) atoms. The van der Waals surface area contributed by atoms with Gasteiger partial charge in [-0.1, -0.05) is 26.2 Å². The summed E-state index contributed by atoms with van der Waals surface area (Å²) in [6.07, 6.45) is 7.11. The van der Waals surface area contributed by atoms with Crippen LogP contribution >= 0.6 is 0 Å². The van der Waals surface area contributed by atoms with Crippen molar-refractivity contribution in [2.24, 2.45) is 10.9 Å². The molecule has 0 aromatic heterocycles. The van der Waals surface area contributed by atoms with Gasteiger partial charge in [0, 0.05) is 6.54 Å². The SMILES string of the molecule is CCCN=C1NC(=O)C(C)(C2CCCCC2)N1. The highest BCUT2D eigenvalue weighted by atomic mass is 16.2. The van der Waals surface area contributed by atoms with Gasteiger partial charge in [-0.3, -0.25) is 15.1 Å². The van der Waals surface area contributed by atoms with Crippen LogP contribution in [0.4, 0.5) is 0 Å². The van der Waals surface area contributed by atoms with Crippen molar-refractivity contribution in [3.63, 3.8) is 0 Å². The largest absolute Gasteiger partial charge is 0.342 e. The standard InChI is InChI=1S/C13H23N3O/c1-3-9-14-12-15-11(17)13(2,16-12)10-7-5-4-6-8-10/h10H,3-9H2,1-2H3,(H2,14,15,16,17). The fourth-order valence-electron chi connectivity index (χ4n) is 2.84. The van der Waals surface area contributed by atoms with E-state index in [0.29, 0.717) is 11.9 Å². The zero-order valence-electron chi connectivity index (χ0n) is 10.9. The first kappa shape index (κ1) is 12.4. The van der Waals surface area contributed by atoms with E-state index in [2.05, 4.69) is 22.5 Å². The number of rotatable bonds is 3. The van der Waals surface area contributed by atoms with E-state index >= 15 is 0 Å². The summed E-state index contributed by atoms with van der Waals surface area (Å²) < 4.78 is 0. The minimum absolute atomic E-state index is 0.0965. The summed E-state index contributed by atoms with van der Waals surface area (Å²) in [6, 6.07) is 0. The van der Waals surface area contributed by atoms with Crippen molar-refractivity contribution in [2.75, 3.05) is 6.54 Å². The minimum atomic E-state index is -0.438. The normalized spacial score (nSPS) is 32.6. The Labute approximate surface area is 103 Å². The molecule has 1 heterocycles. The van der Waals surface area contributed by atoms with Crippen LogP contribution in [-0.2, 0) is 4.79 Å². The van der Waals surface area contributed by atoms with Crippen molar-refractivity contribution in [1.29, 1.82) is 0 Å². The molecule has 96 valence electrons. The molecule has 0 bridgehead atoms. The molecule has 2 N–H and O–H groups in total. The topological polar surface area (TPSA) is 53.5 Å². The average Bonchev–Trinajstić information content (AvgIpc) is 2.65. The van der Waals surface area contributed by atoms with E-state index in [1.54, 1.807) is 0 Å². The van der Waals surface area contributed by atoms with E-state index in [0.717, 1.165) is 25.8 Å². The Balaban J connectivity index is 2.06. The molecule has 1 aliphatic heterocycles. The average molecular weight is 237 g/mol. The van der Waals surface area contributed by atoms with E-state index in [1.165, 1.54) is 19.3 Å². The highest BCUT2D eigenvalue weighted by molar-refractivity contribution is 6.09. The van der Waals surface area contributed by atoms with Crippen molar-refractivity contribution in [2.45, 2.75) is 57.9 Å². The van der Waals surface area contributed by atoms with Gasteiger partial charge in [0.25, 0.3) is 5.91 Å². The molecule has 4 nitrogen and oxygen atoms in total. The lowest BCUT2D eigenvalue weighted by atomic mass is 9.76. The number of carbonyl (C=O) groups is 1. The molecule has 1 saturated heterocycles. The predicted molar refractivity (Wildman–Crippen MR) is 68.9 cm³/mol. The van der Waals surface area contributed by atoms with Gasteiger partial charge in [-0.15, -0.1) is 0 Å². The summed E-state index contributed by atoms with van der Waals surface area (Å²) >= 11 is 0. The Kier molecular flexibility index (Phi) is 3.69. The third kappa shape index (κ3) is 2.45. The predicted octanol–water partition coefficient (Wildman–Crippen LogP) is 1.81. The van der Waals surface area contributed by atoms with Gasteiger partial charge in [0.1, 0.15) is 5.54 Å². The van der Waals surface area contributed by atoms with E-state index in [-0.39, 0.29) is 5.91 Å². The summed E-state index contributed by atoms with van der Waals surface area (Å²) in [5.74, 6) is 1.22. The van der Waals surface area contributed by atoms with Gasteiger partial charge in [0.2, 0.25) is 0 Å². The smallest absolute Gasteiger partial charge is 0.252 e. The van der Waals surface area contributed by atoms with Crippen LogP contribution in [-0.4, -0.2) is 24.0 Å². The van der Waals surface area contributed by atoms with Crippen molar-refractivity contribution < 1.29 is 4.79 Å². The number of hydrogen-bond donors (Lipinski definition) is 2. The minimum Gasteiger partial charge on any atom is -0.342 e. The van der Waals surface area contributed by atoms with E-state index in [1.807, 2.05) is 6.92 Å². The Hall–Kier alpha value is -1.06. The van der Waals surface area contributed by atoms with Crippen LogP contribution in [0.2, 0.25) is 0 Å². The summed E-state index contributed by atoms with van der Waals surface area (Å²) in [6.45, 7) is 4.87. The van der Waals surface area contributed by atoms with Crippen LogP contribution in [0.3, 0.4) is 0 Å². The molecule has 2 aliphatic rings. The maximum atomic E-state index is 12.1. The molecular formula is C13H23N3O. The number of guanidine groups is 1. The molecule has 1 unspecified atom stereocenters. The molecule has 1 atom stereocenters. The monoisotopic (exact) mass is 237 g/mol. The van der Waals surface area contributed by atoms with Gasteiger partial charge in [-0.05, 0) is 32.1 Å². The summed E-state index contributed by atoms with van der Waals surface area (Å²) in [5, 5.41) is 6.19. The molecule has 1 aliphatic carbocycles. The Morgan fingerprint density at radius 1 is 1.35 bits per heavy atom. The number of nitrogens with zero attached hydrogens (tertiary/aromatic N) is 1. The third-order valence-corrected chi connectivity index (χ3v) is 4.00. The summed E-state index contributed by atoms with van der Waals surface area (Å²) in [5.41, 5.74) is -0.438. The molecule has 2 fully saturated rings. The Morgan fingerprint density at radius 3 is 2.71 bits per heavy atom. The lowest BCUT2D eigenvalue weighted by Crippen LogP contribution is -2.51. The lowest BCUT2D eigenvalue weighted by molar-refractivity contribution is -0.125. The molecule has 0 radical (unpaired) electrons. The molecular weight excluding hydrogens is 214 g/mol. The van der Waals surface area contributed by atoms with Crippen molar-refractivity contribution in [1.82, 2.24) is 10.6 Å².